The van der Waals surface area contributed by atoms with Crippen LogP contribution >= 0.6 is 0 Å². The number of hydrogen-bond acceptors (Lipinski definition) is 4. The number of aromatic nitrogens is 2. The predicted octanol–water partition coefficient (Wildman–Crippen LogP) is -0.315. The van der Waals surface area contributed by atoms with Crippen LogP contribution in [0.2, 0.25) is 0 Å². The number of rotatable bonds is 5. The second-order valence-electron chi connectivity index (χ2n) is 4.76. The molecule has 17 heavy (non-hydrogen) atoms. The molecule has 0 unspecified atom stereocenters. The first kappa shape index (κ1) is 13.7. The molecule has 1 rings (SSSR count). The van der Waals surface area contributed by atoms with E-state index in [-0.39, 0.29) is 12.5 Å². The van der Waals surface area contributed by atoms with E-state index in [2.05, 4.69) is 4.98 Å². The summed E-state index contributed by atoms with van der Waals surface area (Å²) in [5.41, 5.74) is 4.87. The van der Waals surface area contributed by atoms with Gasteiger partial charge in [0.15, 0.2) is 0 Å². The summed E-state index contributed by atoms with van der Waals surface area (Å²) in [6.07, 6.45) is 3.24. The van der Waals surface area contributed by atoms with E-state index in [1.54, 1.807) is 38.0 Å². The highest BCUT2D eigenvalue weighted by molar-refractivity contribution is 5.91. The molecule has 0 atom stereocenters. The van der Waals surface area contributed by atoms with E-state index in [0.717, 1.165) is 0 Å². The van der Waals surface area contributed by atoms with Gasteiger partial charge in [0, 0.05) is 32.9 Å². The third-order valence-electron chi connectivity index (χ3n) is 2.21. The van der Waals surface area contributed by atoms with Crippen molar-refractivity contribution in [1.29, 1.82) is 0 Å². The SMILES string of the molecule is CN(CC(C)(C)O)C(=O)c1cn(CCN)cn1. The molecule has 6 heteroatoms. The van der Waals surface area contributed by atoms with Crippen LogP contribution in [-0.4, -0.2) is 51.2 Å². The number of nitrogens with two attached hydrogens (primary N) is 1. The molecule has 0 saturated heterocycles. The maximum atomic E-state index is 11.9. The Hall–Kier alpha value is -1.40. The summed E-state index contributed by atoms with van der Waals surface area (Å²) < 4.78 is 1.77. The van der Waals surface area contributed by atoms with Crippen molar-refractivity contribution in [2.45, 2.75) is 26.0 Å². The third-order valence-corrected chi connectivity index (χ3v) is 2.21. The number of aliphatic hydroxyl groups is 1. The monoisotopic (exact) mass is 240 g/mol. The maximum absolute atomic E-state index is 11.9. The predicted molar refractivity (Wildman–Crippen MR) is 64.5 cm³/mol. The molecule has 0 fully saturated rings. The van der Waals surface area contributed by atoms with Crippen LogP contribution in [-0.2, 0) is 6.54 Å². The number of carbonyl (C=O) groups excluding carboxylic acids is 1. The van der Waals surface area contributed by atoms with Crippen molar-refractivity contribution in [3.05, 3.63) is 18.2 Å². The fourth-order valence-corrected chi connectivity index (χ4v) is 1.59. The molecular formula is C11H20N4O2. The van der Waals surface area contributed by atoms with Crippen molar-refractivity contribution < 1.29 is 9.90 Å². The van der Waals surface area contributed by atoms with E-state index in [9.17, 15) is 9.90 Å². The van der Waals surface area contributed by atoms with Gasteiger partial charge in [-0.3, -0.25) is 4.79 Å². The third kappa shape index (κ3) is 4.16. The lowest BCUT2D eigenvalue weighted by Crippen LogP contribution is -2.39. The molecule has 0 radical (unpaired) electrons. The van der Waals surface area contributed by atoms with Gasteiger partial charge in [0.25, 0.3) is 5.91 Å². The normalized spacial score (nSPS) is 11.6. The summed E-state index contributed by atoms with van der Waals surface area (Å²) in [4.78, 5) is 17.4. The van der Waals surface area contributed by atoms with Gasteiger partial charge in [-0.15, -0.1) is 0 Å². The number of imidazole rings is 1. The number of hydrogen-bond donors (Lipinski definition) is 2. The topological polar surface area (TPSA) is 84.4 Å². The number of amides is 1. The Kier molecular flexibility index (Phi) is 4.25. The van der Waals surface area contributed by atoms with Gasteiger partial charge < -0.3 is 20.3 Å². The first-order chi connectivity index (χ1) is 7.83. The first-order valence-electron chi connectivity index (χ1n) is 5.53. The van der Waals surface area contributed by atoms with Gasteiger partial charge in [-0.25, -0.2) is 4.98 Å². The molecule has 3 N–H and O–H groups in total. The lowest BCUT2D eigenvalue weighted by molar-refractivity contribution is 0.0365. The van der Waals surface area contributed by atoms with Crippen LogP contribution in [0.25, 0.3) is 0 Å². The second kappa shape index (κ2) is 5.29. The van der Waals surface area contributed by atoms with Gasteiger partial charge >= 0.3 is 0 Å². The van der Waals surface area contributed by atoms with Crippen LogP contribution in [0.3, 0.4) is 0 Å². The quantitative estimate of drug-likeness (QED) is 0.739. The van der Waals surface area contributed by atoms with Gasteiger partial charge in [0.05, 0.1) is 11.9 Å². The minimum absolute atomic E-state index is 0.206. The molecule has 0 spiro atoms. The minimum atomic E-state index is -0.912. The Labute approximate surface area is 101 Å². The number of nitrogens with zero attached hydrogens (tertiary/aromatic N) is 3. The minimum Gasteiger partial charge on any atom is -0.389 e. The summed E-state index contributed by atoms with van der Waals surface area (Å²) in [7, 11) is 1.64. The molecule has 6 nitrogen and oxygen atoms in total. The Morgan fingerprint density at radius 1 is 1.65 bits per heavy atom. The average Bonchev–Trinajstić information content (AvgIpc) is 2.63. The highest BCUT2D eigenvalue weighted by Gasteiger charge is 2.21. The van der Waals surface area contributed by atoms with Gasteiger partial charge in [-0.1, -0.05) is 0 Å². The van der Waals surface area contributed by atoms with Crippen molar-refractivity contribution in [3.63, 3.8) is 0 Å². The van der Waals surface area contributed by atoms with Gasteiger partial charge in [0.1, 0.15) is 5.69 Å². The molecule has 0 saturated carbocycles. The van der Waals surface area contributed by atoms with E-state index in [4.69, 9.17) is 5.73 Å². The van der Waals surface area contributed by atoms with Crippen molar-refractivity contribution >= 4 is 5.91 Å². The van der Waals surface area contributed by atoms with Crippen LogP contribution < -0.4 is 5.73 Å². The molecule has 0 aliphatic carbocycles. The molecule has 0 aliphatic rings. The Morgan fingerprint density at radius 2 is 2.29 bits per heavy atom. The lowest BCUT2D eigenvalue weighted by Gasteiger charge is -2.24. The summed E-state index contributed by atoms with van der Waals surface area (Å²) in [6.45, 7) is 4.71. The molecule has 1 amide bonds. The molecular weight excluding hydrogens is 220 g/mol. The number of carbonyl (C=O) groups is 1. The molecule has 1 aromatic rings. The van der Waals surface area contributed by atoms with Crippen molar-refractivity contribution in [3.8, 4) is 0 Å². The van der Waals surface area contributed by atoms with Gasteiger partial charge in [0.2, 0.25) is 0 Å². The van der Waals surface area contributed by atoms with E-state index in [1.165, 1.54) is 4.90 Å². The van der Waals surface area contributed by atoms with Crippen molar-refractivity contribution in [1.82, 2.24) is 14.5 Å². The largest absolute Gasteiger partial charge is 0.389 e. The Balaban J connectivity index is 2.68. The molecule has 1 heterocycles. The lowest BCUT2D eigenvalue weighted by atomic mass is 10.1. The van der Waals surface area contributed by atoms with Gasteiger partial charge in [-0.2, -0.15) is 0 Å². The highest BCUT2D eigenvalue weighted by Crippen LogP contribution is 2.07. The van der Waals surface area contributed by atoms with Crippen molar-refractivity contribution in [2.75, 3.05) is 20.1 Å². The van der Waals surface area contributed by atoms with E-state index in [1.807, 2.05) is 0 Å². The first-order valence-corrected chi connectivity index (χ1v) is 5.53. The summed E-state index contributed by atoms with van der Waals surface area (Å²) >= 11 is 0. The molecule has 0 aliphatic heterocycles. The molecule has 96 valence electrons. The highest BCUT2D eigenvalue weighted by atomic mass is 16.3. The van der Waals surface area contributed by atoms with E-state index < -0.39 is 5.60 Å². The van der Waals surface area contributed by atoms with Crippen LogP contribution in [0.1, 0.15) is 24.3 Å². The van der Waals surface area contributed by atoms with Crippen LogP contribution in [0.4, 0.5) is 0 Å². The molecule has 0 aromatic carbocycles. The van der Waals surface area contributed by atoms with Crippen molar-refractivity contribution in [2.24, 2.45) is 5.73 Å². The van der Waals surface area contributed by atoms with Crippen LogP contribution in [0.15, 0.2) is 12.5 Å². The summed E-state index contributed by atoms with van der Waals surface area (Å²) in [5, 5.41) is 9.64. The standard InChI is InChI=1S/C11H20N4O2/c1-11(2,17)7-14(3)10(16)9-6-15(5-4-12)8-13-9/h6,8,17H,4-5,7,12H2,1-3H3. The summed E-state index contributed by atoms with van der Waals surface area (Å²) in [5.74, 6) is -0.206. The maximum Gasteiger partial charge on any atom is 0.273 e. The van der Waals surface area contributed by atoms with E-state index in [0.29, 0.717) is 18.8 Å². The second-order valence-corrected chi connectivity index (χ2v) is 4.76. The zero-order valence-electron chi connectivity index (χ0n) is 10.6. The smallest absolute Gasteiger partial charge is 0.273 e. The zero-order valence-corrected chi connectivity index (χ0v) is 10.6. The molecule has 0 bridgehead atoms. The van der Waals surface area contributed by atoms with Crippen LogP contribution in [0.5, 0.6) is 0 Å². The Morgan fingerprint density at radius 3 is 2.82 bits per heavy atom. The molecule has 1 aromatic heterocycles. The fraction of sp³-hybridized carbons (Fsp3) is 0.636. The number of likely N-dealkylation sites (N-methyl/N-ethyl adjacent to an activating group) is 1. The zero-order chi connectivity index (χ0) is 13.1. The van der Waals surface area contributed by atoms with Crippen LogP contribution in [0, 0.1) is 0 Å². The summed E-state index contributed by atoms with van der Waals surface area (Å²) in [6, 6.07) is 0. The average molecular weight is 240 g/mol. The Bertz CT molecular complexity index is 381. The fourth-order valence-electron chi connectivity index (χ4n) is 1.59. The van der Waals surface area contributed by atoms with E-state index >= 15 is 0 Å². The van der Waals surface area contributed by atoms with Gasteiger partial charge in [-0.05, 0) is 13.8 Å².